The number of thiophene rings is 1. The van der Waals surface area contributed by atoms with Gasteiger partial charge in [0.25, 0.3) is 5.56 Å². The Balaban J connectivity index is 2.27. The van der Waals surface area contributed by atoms with Crippen molar-refractivity contribution in [3.8, 4) is 11.1 Å². The normalized spacial score (nSPS) is 11.1. The number of nitrogens with zero attached hydrogens (tertiary/aromatic N) is 1. The second-order valence-electron chi connectivity index (χ2n) is 3.91. The average Bonchev–Trinajstić information content (AvgIpc) is 2.84. The standard InChI is InChI=1S/C13H9ClN2OS2/c1-18-13-15-10-9(6-19-11(10)12(17)16-13)7-2-4-8(14)5-3-7/h2-6H,1H3,(H,15,16,17). The minimum atomic E-state index is -0.0837. The van der Waals surface area contributed by atoms with Gasteiger partial charge in [0.1, 0.15) is 4.70 Å². The number of H-pyrrole nitrogens is 1. The molecule has 2 aromatic heterocycles. The molecule has 0 atom stereocenters. The van der Waals surface area contributed by atoms with Gasteiger partial charge >= 0.3 is 0 Å². The summed E-state index contributed by atoms with van der Waals surface area (Å²) in [5.74, 6) is 0. The number of hydrogen-bond donors (Lipinski definition) is 1. The summed E-state index contributed by atoms with van der Waals surface area (Å²) in [7, 11) is 0. The highest BCUT2D eigenvalue weighted by Gasteiger charge is 2.12. The van der Waals surface area contributed by atoms with E-state index in [2.05, 4.69) is 9.97 Å². The molecule has 2 heterocycles. The van der Waals surface area contributed by atoms with Crippen molar-refractivity contribution in [2.75, 3.05) is 6.26 Å². The van der Waals surface area contributed by atoms with E-state index in [1.807, 2.05) is 35.9 Å². The van der Waals surface area contributed by atoms with Crippen LogP contribution in [-0.4, -0.2) is 16.2 Å². The highest BCUT2D eigenvalue weighted by atomic mass is 35.5. The maximum Gasteiger partial charge on any atom is 0.269 e. The van der Waals surface area contributed by atoms with Crippen LogP contribution in [-0.2, 0) is 0 Å². The number of hydrogen-bond acceptors (Lipinski definition) is 4. The zero-order valence-electron chi connectivity index (χ0n) is 9.94. The number of aromatic amines is 1. The molecule has 3 nitrogen and oxygen atoms in total. The molecule has 6 heteroatoms. The van der Waals surface area contributed by atoms with Crippen molar-refractivity contribution in [3.63, 3.8) is 0 Å². The predicted octanol–water partition coefficient (Wildman–Crippen LogP) is 4.03. The second-order valence-corrected chi connectivity index (χ2v) is 6.02. The number of rotatable bonds is 2. The van der Waals surface area contributed by atoms with Crippen LogP contribution in [0.4, 0.5) is 0 Å². The molecule has 0 fully saturated rings. The van der Waals surface area contributed by atoms with Gasteiger partial charge in [-0.3, -0.25) is 4.79 Å². The van der Waals surface area contributed by atoms with Crippen molar-refractivity contribution in [1.29, 1.82) is 0 Å². The van der Waals surface area contributed by atoms with Crippen LogP contribution in [0.1, 0.15) is 0 Å². The first kappa shape index (κ1) is 12.7. The molecule has 0 radical (unpaired) electrons. The molecule has 0 saturated heterocycles. The molecule has 0 aliphatic heterocycles. The number of thioether (sulfide) groups is 1. The molecule has 0 aliphatic carbocycles. The third-order valence-electron chi connectivity index (χ3n) is 2.75. The Bertz CT molecular complexity index is 793. The van der Waals surface area contributed by atoms with Gasteiger partial charge in [0.05, 0.1) is 5.52 Å². The van der Waals surface area contributed by atoms with Crippen molar-refractivity contribution >= 4 is 44.9 Å². The van der Waals surface area contributed by atoms with Gasteiger partial charge in [-0.2, -0.15) is 0 Å². The second kappa shape index (κ2) is 5.00. The van der Waals surface area contributed by atoms with E-state index < -0.39 is 0 Å². The SMILES string of the molecule is CSc1nc2c(-c3ccc(Cl)cc3)csc2c(=O)[nH]1. The molecule has 0 amide bonds. The van der Waals surface area contributed by atoms with Crippen LogP contribution in [0.3, 0.4) is 0 Å². The largest absolute Gasteiger partial charge is 0.300 e. The smallest absolute Gasteiger partial charge is 0.269 e. The number of nitrogens with one attached hydrogen (secondary N) is 1. The van der Waals surface area contributed by atoms with Gasteiger partial charge < -0.3 is 4.98 Å². The van der Waals surface area contributed by atoms with Crippen LogP contribution in [0.2, 0.25) is 5.02 Å². The maximum absolute atomic E-state index is 11.9. The lowest BCUT2D eigenvalue weighted by atomic mass is 10.1. The molecular weight excluding hydrogens is 300 g/mol. The lowest BCUT2D eigenvalue weighted by Crippen LogP contribution is -2.07. The fourth-order valence-electron chi connectivity index (χ4n) is 1.84. The van der Waals surface area contributed by atoms with Gasteiger partial charge in [-0.25, -0.2) is 4.98 Å². The molecule has 0 bridgehead atoms. The van der Waals surface area contributed by atoms with Crippen LogP contribution < -0.4 is 5.56 Å². The van der Waals surface area contributed by atoms with Crippen LogP contribution >= 0.6 is 34.7 Å². The van der Waals surface area contributed by atoms with Crippen LogP contribution in [0.25, 0.3) is 21.3 Å². The number of benzene rings is 1. The summed E-state index contributed by atoms with van der Waals surface area (Å²) in [6.07, 6.45) is 1.89. The summed E-state index contributed by atoms with van der Waals surface area (Å²) in [6.45, 7) is 0. The molecular formula is C13H9ClN2OS2. The summed E-state index contributed by atoms with van der Waals surface area (Å²) >= 11 is 8.73. The summed E-state index contributed by atoms with van der Waals surface area (Å²) in [4.78, 5) is 19.2. The first-order valence-corrected chi connectivity index (χ1v) is 7.98. The third-order valence-corrected chi connectivity index (χ3v) is 4.55. The Hall–Kier alpha value is -1.30. The number of aromatic nitrogens is 2. The van der Waals surface area contributed by atoms with E-state index >= 15 is 0 Å². The fraction of sp³-hybridized carbons (Fsp3) is 0.0769. The fourth-order valence-corrected chi connectivity index (χ4v) is 3.25. The van der Waals surface area contributed by atoms with Crippen molar-refractivity contribution < 1.29 is 0 Å². The molecule has 1 aromatic carbocycles. The van der Waals surface area contributed by atoms with Crippen LogP contribution in [0.15, 0.2) is 39.6 Å². The van der Waals surface area contributed by atoms with Crippen molar-refractivity contribution in [2.24, 2.45) is 0 Å². The topological polar surface area (TPSA) is 45.8 Å². The van der Waals surface area contributed by atoms with E-state index in [1.54, 1.807) is 0 Å². The summed E-state index contributed by atoms with van der Waals surface area (Å²) < 4.78 is 0.655. The van der Waals surface area contributed by atoms with Gasteiger partial charge in [-0.15, -0.1) is 11.3 Å². The van der Waals surface area contributed by atoms with Gasteiger partial charge in [-0.05, 0) is 24.0 Å². The molecule has 0 unspecified atom stereocenters. The highest BCUT2D eigenvalue weighted by Crippen LogP contribution is 2.32. The van der Waals surface area contributed by atoms with E-state index in [0.717, 1.165) is 16.6 Å². The zero-order valence-corrected chi connectivity index (χ0v) is 12.3. The molecule has 19 heavy (non-hydrogen) atoms. The van der Waals surface area contributed by atoms with Crippen LogP contribution in [0.5, 0.6) is 0 Å². The Morgan fingerprint density at radius 3 is 2.74 bits per heavy atom. The van der Waals surface area contributed by atoms with Crippen LogP contribution in [0, 0.1) is 0 Å². The Kier molecular flexibility index (Phi) is 3.35. The van der Waals surface area contributed by atoms with Gasteiger partial charge in [0.2, 0.25) is 0 Å². The number of halogens is 1. The molecule has 1 N–H and O–H groups in total. The van der Waals surface area contributed by atoms with E-state index in [9.17, 15) is 4.79 Å². The molecule has 0 spiro atoms. The first-order valence-electron chi connectivity index (χ1n) is 5.50. The Morgan fingerprint density at radius 2 is 2.05 bits per heavy atom. The lowest BCUT2D eigenvalue weighted by molar-refractivity contribution is 0.982. The van der Waals surface area contributed by atoms with Gasteiger partial charge in [0.15, 0.2) is 5.16 Å². The van der Waals surface area contributed by atoms with E-state index in [4.69, 9.17) is 11.6 Å². The quantitative estimate of drug-likeness (QED) is 0.574. The highest BCUT2D eigenvalue weighted by molar-refractivity contribution is 7.98. The summed E-state index contributed by atoms with van der Waals surface area (Å²) in [6, 6.07) is 7.54. The molecule has 96 valence electrons. The lowest BCUT2D eigenvalue weighted by Gasteiger charge is -2.01. The molecule has 0 saturated carbocycles. The molecule has 0 aliphatic rings. The minimum absolute atomic E-state index is 0.0837. The zero-order chi connectivity index (χ0) is 13.4. The van der Waals surface area contributed by atoms with Crippen molar-refractivity contribution in [1.82, 2.24) is 9.97 Å². The predicted molar refractivity (Wildman–Crippen MR) is 82.5 cm³/mol. The summed E-state index contributed by atoms with van der Waals surface area (Å²) in [5.41, 5.74) is 2.65. The van der Waals surface area contributed by atoms with Gasteiger partial charge in [0, 0.05) is 16.0 Å². The molecule has 3 rings (SSSR count). The van der Waals surface area contributed by atoms with E-state index in [1.165, 1.54) is 23.1 Å². The third kappa shape index (κ3) is 2.29. The van der Waals surface area contributed by atoms with Crippen molar-refractivity contribution in [2.45, 2.75) is 5.16 Å². The minimum Gasteiger partial charge on any atom is -0.300 e. The monoisotopic (exact) mass is 308 g/mol. The summed E-state index contributed by atoms with van der Waals surface area (Å²) in [5, 5.41) is 3.28. The van der Waals surface area contributed by atoms with Gasteiger partial charge in [-0.1, -0.05) is 35.5 Å². The average molecular weight is 309 g/mol. The first-order chi connectivity index (χ1) is 9.19. The number of fused-ring (bicyclic) bond motifs is 1. The van der Waals surface area contributed by atoms with E-state index in [-0.39, 0.29) is 5.56 Å². The maximum atomic E-state index is 11.9. The van der Waals surface area contributed by atoms with Crippen molar-refractivity contribution in [3.05, 3.63) is 45.0 Å². The Labute approximate surface area is 122 Å². The van der Waals surface area contributed by atoms with E-state index in [0.29, 0.717) is 14.9 Å². The molecule has 3 aromatic rings. The Morgan fingerprint density at radius 1 is 1.32 bits per heavy atom.